The van der Waals surface area contributed by atoms with Crippen molar-refractivity contribution in [2.24, 2.45) is 0 Å². The van der Waals surface area contributed by atoms with Crippen molar-refractivity contribution in [1.29, 1.82) is 0 Å². The van der Waals surface area contributed by atoms with Crippen LogP contribution in [0.3, 0.4) is 0 Å². The van der Waals surface area contributed by atoms with Crippen LogP contribution in [-0.4, -0.2) is 18.3 Å². The third-order valence-electron chi connectivity index (χ3n) is 3.05. The zero-order valence-corrected chi connectivity index (χ0v) is 15.2. The highest BCUT2D eigenvalue weighted by Crippen LogP contribution is 2.26. The van der Waals surface area contributed by atoms with Crippen molar-refractivity contribution in [3.05, 3.63) is 50.9 Å². The molecule has 0 aliphatic carbocycles. The topological polar surface area (TPSA) is 12.0 Å². The Bertz CT molecular complexity index is 559. The molecule has 0 radical (unpaired) electrons. The van der Waals surface area contributed by atoms with Gasteiger partial charge in [0.1, 0.15) is 5.82 Å². The molecular formula is C16H19BrFNS2. The van der Waals surface area contributed by atoms with E-state index in [4.69, 9.17) is 0 Å². The molecule has 1 N–H and O–H groups in total. The lowest BCUT2D eigenvalue weighted by Crippen LogP contribution is -2.33. The van der Waals surface area contributed by atoms with E-state index in [0.717, 1.165) is 30.0 Å². The zero-order valence-electron chi connectivity index (χ0n) is 11.9. The Morgan fingerprint density at radius 1 is 1.38 bits per heavy atom. The van der Waals surface area contributed by atoms with E-state index in [0.29, 0.717) is 6.04 Å². The van der Waals surface area contributed by atoms with Gasteiger partial charge >= 0.3 is 0 Å². The van der Waals surface area contributed by atoms with Crippen molar-refractivity contribution in [3.63, 3.8) is 0 Å². The van der Waals surface area contributed by atoms with Gasteiger partial charge in [0.2, 0.25) is 0 Å². The Hall–Kier alpha value is -0.360. The number of thiophene rings is 1. The maximum atomic E-state index is 13.2. The van der Waals surface area contributed by atoms with Crippen molar-refractivity contribution in [3.8, 4) is 0 Å². The van der Waals surface area contributed by atoms with E-state index in [-0.39, 0.29) is 5.82 Å². The highest BCUT2D eigenvalue weighted by molar-refractivity contribution is 9.10. The van der Waals surface area contributed by atoms with Gasteiger partial charge in [0.25, 0.3) is 0 Å². The number of benzene rings is 1. The number of thioether (sulfide) groups is 1. The lowest BCUT2D eigenvalue weighted by atomic mass is 10.2. The lowest BCUT2D eigenvalue weighted by Gasteiger charge is -2.18. The summed E-state index contributed by atoms with van der Waals surface area (Å²) >= 11 is 7.08. The van der Waals surface area contributed by atoms with Gasteiger partial charge in [0.15, 0.2) is 0 Å². The summed E-state index contributed by atoms with van der Waals surface area (Å²) in [4.78, 5) is 2.35. The summed E-state index contributed by atoms with van der Waals surface area (Å²) < 4.78 is 14.4. The molecule has 1 aromatic carbocycles. The summed E-state index contributed by atoms with van der Waals surface area (Å²) in [6.07, 6.45) is 2.12. The molecule has 1 unspecified atom stereocenters. The minimum absolute atomic E-state index is 0.168. The quantitative estimate of drug-likeness (QED) is 0.612. The monoisotopic (exact) mass is 387 g/mol. The van der Waals surface area contributed by atoms with E-state index in [1.807, 2.05) is 6.07 Å². The molecule has 0 saturated carbocycles. The maximum absolute atomic E-state index is 13.2. The van der Waals surface area contributed by atoms with Crippen LogP contribution >= 0.6 is 39.0 Å². The van der Waals surface area contributed by atoms with Crippen LogP contribution in [0.25, 0.3) is 0 Å². The Morgan fingerprint density at radius 2 is 2.24 bits per heavy atom. The van der Waals surface area contributed by atoms with Gasteiger partial charge in [-0.25, -0.2) is 4.39 Å². The molecule has 1 nitrogen and oxygen atoms in total. The lowest BCUT2D eigenvalue weighted by molar-refractivity contribution is 0.552. The van der Waals surface area contributed by atoms with Gasteiger partial charge in [-0.1, -0.05) is 13.0 Å². The van der Waals surface area contributed by atoms with E-state index in [2.05, 4.69) is 39.6 Å². The molecule has 0 aliphatic rings. The molecular weight excluding hydrogens is 369 g/mol. The third-order valence-corrected chi connectivity index (χ3v) is 6.16. The van der Waals surface area contributed by atoms with Crippen LogP contribution < -0.4 is 5.32 Å². The normalized spacial score (nSPS) is 12.5. The molecule has 0 spiro atoms. The van der Waals surface area contributed by atoms with Crippen LogP contribution in [0.1, 0.15) is 18.2 Å². The van der Waals surface area contributed by atoms with Crippen LogP contribution in [0.5, 0.6) is 0 Å². The molecule has 0 amide bonds. The number of halogens is 2. The average Bonchev–Trinajstić information content (AvgIpc) is 2.87. The molecule has 1 heterocycles. The molecule has 2 aromatic rings. The summed E-state index contributed by atoms with van der Waals surface area (Å²) in [6.45, 7) is 3.18. The van der Waals surface area contributed by atoms with Gasteiger partial charge in [-0.3, -0.25) is 0 Å². The fourth-order valence-corrected chi connectivity index (χ4v) is 4.58. The highest BCUT2D eigenvalue weighted by Gasteiger charge is 2.12. The van der Waals surface area contributed by atoms with Gasteiger partial charge in [-0.15, -0.1) is 23.1 Å². The van der Waals surface area contributed by atoms with Crippen molar-refractivity contribution in [1.82, 2.24) is 5.32 Å². The second kappa shape index (κ2) is 8.93. The Balaban J connectivity index is 1.94. The van der Waals surface area contributed by atoms with Crippen LogP contribution in [-0.2, 0) is 6.42 Å². The van der Waals surface area contributed by atoms with Gasteiger partial charge in [0.05, 0.1) is 0 Å². The minimum atomic E-state index is -0.168. The minimum Gasteiger partial charge on any atom is -0.313 e. The smallest absolute Gasteiger partial charge is 0.124 e. The third kappa shape index (κ3) is 5.74. The molecule has 1 atom stereocenters. The van der Waals surface area contributed by atoms with Crippen molar-refractivity contribution < 1.29 is 4.39 Å². The first-order valence-electron chi connectivity index (χ1n) is 7.02. The maximum Gasteiger partial charge on any atom is 0.124 e. The first-order chi connectivity index (χ1) is 10.2. The van der Waals surface area contributed by atoms with E-state index in [1.54, 1.807) is 35.2 Å². The molecule has 114 valence electrons. The molecule has 1 aromatic heterocycles. The molecule has 0 fully saturated rings. The number of nitrogens with one attached hydrogen (secondary N) is 1. The van der Waals surface area contributed by atoms with Crippen LogP contribution in [0.2, 0.25) is 0 Å². The predicted octanol–water partition coefficient (Wildman–Crippen LogP) is 5.35. The molecule has 0 bridgehead atoms. The van der Waals surface area contributed by atoms with E-state index < -0.39 is 0 Å². The molecule has 0 aliphatic heterocycles. The van der Waals surface area contributed by atoms with Crippen LogP contribution in [0.4, 0.5) is 4.39 Å². The van der Waals surface area contributed by atoms with Gasteiger partial charge in [-0.2, -0.15) is 0 Å². The summed E-state index contributed by atoms with van der Waals surface area (Å²) in [5, 5.41) is 5.70. The summed E-state index contributed by atoms with van der Waals surface area (Å²) in [7, 11) is 0. The van der Waals surface area contributed by atoms with E-state index >= 15 is 0 Å². The molecule has 2 rings (SSSR count). The first kappa shape index (κ1) is 17.0. The first-order valence-corrected chi connectivity index (χ1v) is 9.68. The largest absolute Gasteiger partial charge is 0.313 e. The van der Waals surface area contributed by atoms with E-state index in [1.165, 1.54) is 15.4 Å². The number of hydrogen-bond acceptors (Lipinski definition) is 3. The molecule has 21 heavy (non-hydrogen) atoms. The van der Waals surface area contributed by atoms with Crippen molar-refractivity contribution >= 4 is 39.0 Å². The zero-order chi connectivity index (χ0) is 15.1. The molecule has 0 saturated heterocycles. The standard InChI is InChI=1S/C16H19BrFNS2/c1-2-7-19-13(10-16-15(17)6-8-20-16)11-21-14-5-3-4-12(18)9-14/h3-6,8-9,13,19H,2,7,10-11H2,1H3. The highest BCUT2D eigenvalue weighted by atomic mass is 79.9. The second-order valence-corrected chi connectivity index (χ2v) is 7.76. The van der Waals surface area contributed by atoms with Gasteiger partial charge in [-0.05, 0) is 65.0 Å². The fourth-order valence-electron chi connectivity index (χ4n) is 1.99. The Kier molecular flexibility index (Phi) is 7.23. The SMILES string of the molecule is CCCNC(CSc1cccc(F)c1)Cc1sccc1Br. The van der Waals surface area contributed by atoms with Gasteiger partial charge < -0.3 is 5.32 Å². The van der Waals surface area contributed by atoms with Crippen LogP contribution in [0, 0.1) is 5.82 Å². The molecule has 5 heteroatoms. The second-order valence-electron chi connectivity index (χ2n) is 4.82. The number of hydrogen-bond donors (Lipinski definition) is 1. The van der Waals surface area contributed by atoms with Crippen LogP contribution in [0.15, 0.2) is 45.1 Å². The Labute approximate surface area is 142 Å². The van der Waals surface area contributed by atoms with Gasteiger partial charge in [0, 0.05) is 26.0 Å². The van der Waals surface area contributed by atoms with E-state index in [9.17, 15) is 4.39 Å². The average molecular weight is 388 g/mol. The van der Waals surface area contributed by atoms with Crippen molar-refractivity contribution in [2.45, 2.75) is 30.7 Å². The summed E-state index contributed by atoms with van der Waals surface area (Å²) in [6, 6.07) is 9.31. The predicted molar refractivity (Wildman–Crippen MR) is 94.9 cm³/mol. The fraction of sp³-hybridized carbons (Fsp3) is 0.375. The summed E-state index contributed by atoms with van der Waals surface area (Å²) in [5.74, 6) is 0.771. The van der Waals surface area contributed by atoms with Crippen molar-refractivity contribution in [2.75, 3.05) is 12.3 Å². The Morgan fingerprint density at radius 3 is 2.90 bits per heavy atom. The number of rotatable bonds is 8. The summed E-state index contributed by atoms with van der Waals surface area (Å²) in [5.41, 5.74) is 0.